The third kappa shape index (κ3) is 2.23. The van der Waals surface area contributed by atoms with E-state index >= 15 is 0 Å². The summed E-state index contributed by atoms with van der Waals surface area (Å²) < 4.78 is 5.29. The first-order valence-corrected chi connectivity index (χ1v) is 6.51. The van der Waals surface area contributed by atoms with Crippen molar-refractivity contribution >= 4 is 0 Å². The van der Waals surface area contributed by atoms with E-state index in [0.29, 0.717) is 11.3 Å². The molecule has 21 heavy (non-hydrogen) atoms. The minimum atomic E-state index is -0.400. The molecule has 5 nitrogen and oxygen atoms in total. The molecular formula is C16H14N2O3. The SMILES string of the molecule is Cc1ccccc1-c1c(O)nc(-c2occc2C)[nH]c1=O. The van der Waals surface area contributed by atoms with Crippen molar-refractivity contribution in [2.24, 2.45) is 0 Å². The van der Waals surface area contributed by atoms with Gasteiger partial charge in [0.15, 0.2) is 11.6 Å². The van der Waals surface area contributed by atoms with Crippen LogP contribution in [-0.2, 0) is 0 Å². The molecule has 5 heteroatoms. The molecule has 2 aromatic heterocycles. The number of hydrogen-bond donors (Lipinski definition) is 2. The van der Waals surface area contributed by atoms with Crippen molar-refractivity contribution in [3.8, 4) is 28.6 Å². The molecular weight excluding hydrogens is 268 g/mol. The van der Waals surface area contributed by atoms with E-state index in [2.05, 4.69) is 9.97 Å². The van der Waals surface area contributed by atoms with Gasteiger partial charge in [0.25, 0.3) is 5.56 Å². The van der Waals surface area contributed by atoms with Gasteiger partial charge in [-0.1, -0.05) is 24.3 Å². The van der Waals surface area contributed by atoms with Crippen molar-refractivity contribution in [1.29, 1.82) is 0 Å². The monoisotopic (exact) mass is 282 g/mol. The van der Waals surface area contributed by atoms with E-state index in [9.17, 15) is 9.90 Å². The van der Waals surface area contributed by atoms with Crippen molar-refractivity contribution in [1.82, 2.24) is 9.97 Å². The van der Waals surface area contributed by atoms with E-state index in [1.807, 2.05) is 32.0 Å². The number of aryl methyl sites for hydroxylation is 2. The lowest BCUT2D eigenvalue weighted by molar-refractivity contribution is 0.452. The lowest BCUT2D eigenvalue weighted by Crippen LogP contribution is -2.12. The topological polar surface area (TPSA) is 79.1 Å². The highest BCUT2D eigenvalue weighted by molar-refractivity contribution is 5.71. The molecule has 2 N–H and O–H groups in total. The molecule has 0 amide bonds. The Morgan fingerprint density at radius 1 is 1.14 bits per heavy atom. The normalized spacial score (nSPS) is 10.8. The summed E-state index contributed by atoms with van der Waals surface area (Å²) in [5.74, 6) is 0.356. The predicted octanol–water partition coefficient (Wildman–Crippen LogP) is 3.02. The van der Waals surface area contributed by atoms with E-state index < -0.39 is 5.56 Å². The maximum atomic E-state index is 12.3. The molecule has 0 aliphatic heterocycles. The molecule has 0 unspecified atom stereocenters. The van der Waals surface area contributed by atoms with Crippen molar-refractivity contribution < 1.29 is 9.52 Å². The number of hydrogen-bond acceptors (Lipinski definition) is 4. The van der Waals surface area contributed by atoms with Crippen LogP contribution in [0.2, 0.25) is 0 Å². The lowest BCUT2D eigenvalue weighted by atomic mass is 10.0. The van der Waals surface area contributed by atoms with E-state index in [4.69, 9.17) is 4.42 Å². The molecule has 0 saturated heterocycles. The van der Waals surface area contributed by atoms with Crippen molar-refractivity contribution in [2.45, 2.75) is 13.8 Å². The Morgan fingerprint density at radius 2 is 1.90 bits per heavy atom. The molecule has 0 bridgehead atoms. The third-order valence-corrected chi connectivity index (χ3v) is 3.39. The fraction of sp³-hybridized carbons (Fsp3) is 0.125. The van der Waals surface area contributed by atoms with Crippen LogP contribution in [0.1, 0.15) is 11.1 Å². The molecule has 1 aromatic carbocycles. The largest absolute Gasteiger partial charge is 0.493 e. The van der Waals surface area contributed by atoms with Gasteiger partial charge in [0.2, 0.25) is 5.88 Å². The molecule has 0 aliphatic rings. The molecule has 0 atom stereocenters. The highest BCUT2D eigenvalue weighted by atomic mass is 16.3. The molecule has 0 fully saturated rings. The number of aromatic hydroxyl groups is 1. The Bertz CT molecular complexity index is 862. The predicted molar refractivity (Wildman–Crippen MR) is 79.1 cm³/mol. The molecule has 0 spiro atoms. The van der Waals surface area contributed by atoms with Gasteiger partial charge < -0.3 is 14.5 Å². The standard InChI is InChI=1S/C16H14N2O3/c1-9-5-3-4-6-11(9)12-15(19)17-14(18-16(12)20)13-10(2)7-8-21-13/h3-8H,1-2H3,(H2,17,18,19,20). The van der Waals surface area contributed by atoms with Gasteiger partial charge in [0.1, 0.15) is 5.56 Å². The highest BCUT2D eigenvalue weighted by Gasteiger charge is 2.17. The number of nitrogens with one attached hydrogen (secondary N) is 1. The third-order valence-electron chi connectivity index (χ3n) is 3.39. The smallest absolute Gasteiger partial charge is 0.263 e. The first kappa shape index (κ1) is 13.2. The van der Waals surface area contributed by atoms with Crippen LogP contribution < -0.4 is 5.56 Å². The van der Waals surface area contributed by atoms with Crippen molar-refractivity contribution in [3.63, 3.8) is 0 Å². The Hall–Kier alpha value is -2.82. The van der Waals surface area contributed by atoms with E-state index in [0.717, 1.165) is 11.1 Å². The van der Waals surface area contributed by atoms with Crippen LogP contribution in [0.4, 0.5) is 0 Å². The first-order chi connectivity index (χ1) is 10.1. The van der Waals surface area contributed by atoms with Crippen LogP contribution in [0.3, 0.4) is 0 Å². The molecule has 0 radical (unpaired) electrons. The van der Waals surface area contributed by atoms with Gasteiger partial charge in [-0.2, -0.15) is 4.98 Å². The van der Waals surface area contributed by atoms with Gasteiger partial charge in [-0.15, -0.1) is 0 Å². The van der Waals surface area contributed by atoms with Gasteiger partial charge in [0, 0.05) is 0 Å². The molecule has 3 rings (SSSR count). The Labute approximate surface area is 120 Å². The second kappa shape index (κ2) is 4.94. The van der Waals surface area contributed by atoms with E-state index in [-0.39, 0.29) is 17.3 Å². The fourth-order valence-corrected chi connectivity index (χ4v) is 2.28. The Morgan fingerprint density at radius 3 is 2.52 bits per heavy atom. The first-order valence-electron chi connectivity index (χ1n) is 6.51. The summed E-state index contributed by atoms with van der Waals surface area (Å²) in [5.41, 5.74) is 2.15. The summed E-state index contributed by atoms with van der Waals surface area (Å²) in [6, 6.07) is 9.10. The summed E-state index contributed by atoms with van der Waals surface area (Å²) in [6.45, 7) is 3.71. The fourth-order valence-electron chi connectivity index (χ4n) is 2.28. The lowest BCUT2D eigenvalue weighted by Gasteiger charge is -2.07. The zero-order valence-corrected chi connectivity index (χ0v) is 11.7. The second-order valence-electron chi connectivity index (χ2n) is 4.86. The quantitative estimate of drug-likeness (QED) is 0.757. The van der Waals surface area contributed by atoms with Gasteiger partial charge in [-0.3, -0.25) is 4.79 Å². The van der Waals surface area contributed by atoms with E-state index in [1.54, 1.807) is 12.1 Å². The van der Waals surface area contributed by atoms with Gasteiger partial charge >= 0.3 is 0 Å². The molecule has 106 valence electrons. The maximum absolute atomic E-state index is 12.3. The highest BCUT2D eigenvalue weighted by Crippen LogP contribution is 2.28. The summed E-state index contributed by atoms with van der Waals surface area (Å²) in [6.07, 6.45) is 1.51. The van der Waals surface area contributed by atoms with Crippen LogP contribution in [0.25, 0.3) is 22.7 Å². The molecule has 0 saturated carbocycles. The minimum Gasteiger partial charge on any atom is -0.493 e. The van der Waals surface area contributed by atoms with Crippen molar-refractivity contribution in [3.05, 3.63) is 58.1 Å². The number of aromatic nitrogens is 2. The average molecular weight is 282 g/mol. The molecule has 3 aromatic rings. The molecule has 2 heterocycles. The number of rotatable bonds is 2. The van der Waals surface area contributed by atoms with Crippen LogP contribution in [0.15, 0.2) is 45.8 Å². The van der Waals surface area contributed by atoms with Crippen LogP contribution in [0, 0.1) is 13.8 Å². The summed E-state index contributed by atoms with van der Waals surface area (Å²) in [7, 11) is 0. The van der Waals surface area contributed by atoms with Crippen LogP contribution in [0.5, 0.6) is 5.88 Å². The number of nitrogens with zero attached hydrogens (tertiary/aromatic N) is 1. The van der Waals surface area contributed by atoms with E-state index in [1.165, 1.54) is 6.26 Å². The number of benzene rings is 1. The summed E-state index contributed by atoms with van der Waals surface area (Å²) in [5, 5.41) is 10.2. The van der Waals surface area contributed by atoms with Gasteiger partial charge in [-0.25, -0.2) is 0 Å². The Balaban J connectivity index is 2.21. The van der Waals surface area contributed by atoms with Crippen LogP contribution >= 0.6 is 0 Å². The minimum absolute atomic E-state index is 0.168. The summed E-state index contributed by atoms with van der Waals surface area (Å²) in [4.78, 5) is 19.0. The van der Waals surface area contributed by atoms with Crippen LogP contribution in [-0.4, -0.2) is 15.1 Å². The zero-order chi connectivity index (χ0) is 15.0. The number of H-pyrrole nitrogens is 1. The van der Waals surface area contributed by atoms with Gasteiger partial charge in [-0.05, 0) is 36.6 Å². The second-order valence-corrected chi connectivity index (χ2v) is 4.86. The average Bonchev–Trinajstić information content (AvgIpc) is 2.86. The number of furan rings is 1. The number of aromatic amines is 1. The van der Waals surface area contributed by atoms with Crippen molar-refractivity contribution in [2.75, 3.05) is 0 Å². The summed E-state index contributed by atoms with van der Waals surface area (Å²) >= 11 is 0. The molecule has 0 aliphatic carbocycles. The Kier molecular flexibility index (Phi) is 3.10. The maximum Gasteiger partial charge on any atom is 0.263 e. The zero-order valence-electron chi connectivity index (χ0n) is 11.7. The van der Waals surface area contributed by atoms with Gasteiger partial charge in [0.05, 0.1) is 6.26 Å².